The van der Waals surface area contributed by atoms with Crippen LogP contribution in [0.2, 0.25) is 0 Å². The fourth-order valence-electron chi connectivity index (χ4n) is 0.272. The van der Waals surface area contributed by atoms with Crippen molar-refractivity contribution < 1.29 is 30.5 Å². The summed E-state index contributed by atoms with van der Waals surface area (Å²) in [5.41, 5.74) is -5.40. The lowest BCUT2D eigenvalue weighted by Gasteiger charge is -2.12. The Kier molecular flexibility index (Phi) is 3.48. The SMILES string of the molecule is COC(C)OS(=O)(=O)C(F)(F)F. The number of hydrogen-bond donors (Lipinski definition) is 0. The van der Waals surface area contributed by atoms with Crippen molar-refractivity contribution in [1.29, 1.82) is 0 Å². The summed E-state index contributed by atoms with van der Waals surface area (Å²) in [6.07, 6.45) is -1.45. The lowest BCUT2D eigenvalue weighted by molar-refractivity contribution is -0.0835. The molecule has 0 saturated heterocycles. The van der Waals surface area contributed by atoms with E-state index < -0.39 is 21.9 Å². The predicted molar refractivity (Wildman–Crippen MR) is 32.5 cm³/mol. The largest absolute Gasteiger partial charge is 0.523 e. The molecule has 0 spiro atoms. The maximum absolute atomic E-state index is 11.6. The Morgan fingerprint density at radius 2 is 1.75 bits per heavy atom. The summed E-state index contributed by atoms with van der Waals surface area (Å²) in [6, 6.07) is 0. The Morgan fingerprint density at radius 3 is 2.00 bits per heavy atom. The second-order valence-electron chi connectivity index (χ2n) is 1.80. The molecule has 0 amide bonds. The van der Waals surface area contributed by atoms with Crippen LogP contribution >= 0.6 is 0 Å². The Bertz CT molecular complexity index is 231. The molecule has 0 radical (unpaired) electrons. The highest BCUT2D eigenvalue weighted by Gasteiger charge is 2.48. The summed E-state index contributed by atoms with van der Waals surface area (Å²) in [5, 5.41) is 0. The molecule has 0 bridgehead atoms. The molecule has 0 aliphatic heterocycles. The van der Waals surface area contributed by atoms with E-state index in [1.54, 1.807) is 0 Å². The highest BCUT2D eigenvalue weighted by molar-refractivity contribution is 7.87. The number of methoxy groups -OCH3 is 1. The van der Waals surface area contributed by atoms with Crippen LogP contribution in [0.3, 0.4) is 0 Å². The van der Waals surface area contributed by atoms with E-state index in [9.17, 15) is 21.6 Å². The fourth-order valence-corrected chi connectivity index (χ4v) is 0.817. The van der Waals surface area contributed by atoms with Gasteiger partial charge in [-0.2, -0.15) is 21.6 Å². The molecule has 0 N–H and O–H groups in total. The van der Waals surface area contributed by atoms with Crippen molar-refractivity contribution in [3.05, 3.63) is 0 Å². The van der Waals surface area contributed by atoms with Crippen molar-refractivity contribution in [3.8, 4) is 0 Å². The standard InChI is InChI=1S/C4H7F3O4S/c1-3(10-2)11-12(8,9)4(5,6)7/h3H,1-2H3. The maximum atomic E-state index is 11.6. The summed E-state index contributed by atoms with van der Waals surface area (Å²) in [5.74, 6) is 0. The van der Waals surface area contributed by atoms with Gasteiger partial charge in [-0.05, 0) is 6.92 Å². The highest BCUT2D eigenvalue weighted by atomic mass is 32.2. The molecule has 74 valence electrons. The van der Waals surface area contributed by atoms with Crippen LogP contribution < -0.4 is 0 Å². The first-order chi connectivity index (χ1) is 5.20. The first kappa shape index (κ1) is 11.7. The van der Waals surface area contributed by atoms with Crippen LogP contribution in [0.15, 0.2) is 0 Å². The summed E-state index contributed by atoms with van der Waals surface area (Å²) in [7, 11) is -4.51. The minimum Gasteiger partial charge on any atom is -0.355 e. The number of hydrogen-bond acceptors (Lipinski definition) is 4. The van der Waals surface area contributed by atoms with E-state index >= 15 is 0 Å². The summed E-state index contributed by atoms with van der Waals surface area (Å²) in [4.78, 5) is 0. The van der Waals surface area contributed by atoms with Gasteiger partial charge in [-0.15, -0.1) is 0 Å². The molecule has 0 rings (SSSR count). The van der Waals surface area contributed by atoms with Crippen molar-refractivity contribution in [2.24, 2.45) is 0 Å². The van der Waals surface area contributed by atoms with Gasteiger partial charge in [-0.25, -0.2) is 4.18 Å². The zero-order valence-electron chi connectivity index (χ0n) is 6.25. The number of ether oxygens (including phenoxy) is 1. The van der Waals surface area contributed by atoms with Crippen molar-refractivity contribution in [2.75, 3.05) is 7.11 Å². The van der Waals surface area contributed by atoms with E-state index in [4.69, 9.17) is 0 Å². The molecule has 0 aromatic carbocycles. The Balaban J connectivity index is 4.46. The van der Waals surface area contributed by atoms with Crippen LogP contribution in [0.25, 0.3) is 0 Å². The first-order valence-corrected chi connectivity index (χ1v) is 4.14. The third-order valence-corrected chi connectivity index (χ3v) is 1.97. The third kappa shape index (κ3) is 2.95. The first-order valence-electron chi connectivity index (χ1n) is 2.73. The molecule has 0 heterocycles. The van der Waals surface area contributed by atoms with E-state index in [0.29, 0.717) is 0 Å². The Morgan fingerprint density at radius 1 is 1.33 bits per heavy atom. The van der Waals surface area contributed by atoms with Gasteiger partial charge in [0.1, 0.15) is 0 Å². The molecule has 8 heteroatoms. The van der Waals surface area contributed by atoms with Crippen LogP contribution in [0, 0.1) is 0 Å². The highest BCUT2D eigenvalue weighted by Crippen LogP contribution is 2.25. The summed E-state index contributed by atoms with van der Waals surface area (Å²) in [6.45, 7) is 1.03. The minimum atomic E-state index is -5.53. The maximum Gasteiger partial charge on any atom is 0.523 e. The predicted octanol–water partition coefficient (Wildman–Crippen LogP) is 0.845. The van der Waals surface area contributed by atoms with E-state index in [-0.39, 0.29) is 0 Å². The van der Waals surface area contributed by atoms with E-state index in [1.165, 1.54) is 0 Å². The van der Waals surface area contributed by atoms with Crippen molar-refractivity contribution in [1.82, 2.24) is 0 Å². The van der Waals surface area contributed by atoms with E-state index in [1.807, 2.05) is 0 Å². The normalized spacial score (nSPS) is 16.1. The van der Waals surface area contributed by atoms with Crippen LogP contribution in [0.4, 0.5) is 13.2 Å². The smallest absolute Gasteiger partial charge is 0.355 e. The summed E-state index contributed by atoms with van der Waals surface area (Å²) >= 11 is 0. The lowest BCUT2D eigenvalue weighted by atomic mass is 10.8. The van der Waals surface area contributed by atoms with Crippen molar-refractivity contribution >= 4 is 10.1 Å². The average Bonchev–Trinajstić information content (AvgIpc) is 1.84. The fraction of sp³-hybridized carbons (Fsp3) is 1.00. The molecule has 0 aromatic rings. The van der Waals surface area contributed by atoms with Gasteiger partial charge in [0.25, 0.3) is 0 Å². The van der Waals surface area contributed by atoms with Crippen LogP contribution in [-0.4, -0.2) is 27.3 Å². The van der Waals surface area contributed by atoms with Gasteiger partial charge >= 0.3 is 15.6 Å². The van der Waals surface area contributed by atoms with Crippen molar-refractivity contribution in [2.45, 2.75) is 18.7 Å². The molecule has 0 saturated carbocycles. The van der Waals surface area contributed by atoms with Gasteiger partial charge in [0.05, 0.1) is 0 Å². The molecular weight excluding hydrogens is 201 g/mol. The molecule has 1 atom stereocenters. The number of halogens is 3. The van der Waals surface area contributed by atoms with Gasteiger partial charge in [0.2, 0.25) is 0 Å². The average molecular weight is 208 g/mol. The van der Waals surface area contributed by atoms with Gasteiger partial charge < -0.3 is 4.74 Å². The molecular formula is C4H7F3O4S. The molecule has 0 fully saturated rings. The van der Waals surface area contributed by atoms with Crippen molar-refractivity contribution in [3.63, 3.8) is 0 Å². The Hall–Kier alpha value is -0.340. The second kappa shape index (κ2) is 3.58. The molecule has 0 aromatic heterocycles. The minimum absolute atomic E-state index is 1.02. The lowest BCUT2D eigenvalue weighted by Crippen LogP contribution is -2.29. The quantitative estimate of drug-likeness (QED) is 0.392. The molecule has 0 aliphatic carbocycles. The van der Waals surface area contributed by atoms with E-state index in [0.717, 1.165) is 14.0 Å². The zero-order chi connectivity index (χ0) is 9.99. The van der Waals surface area contributed by atoms with Crippen LogP contribution in [-0.2, 0) is 19.0 Å². The number of rotatable bonds is 3. The monoisotopic (exact) mass is 208 g/mol. The second-order valence-corrected chi connectivity index (χ2v) is 3.36. The number of alkyl halides is 3. The Labute approximate surface area is 67.4 Å². The van der Waals surface area contributed by atoms with E-state index in [2.05, 4.69) is 8.92 Å². The van der Waals surface area contributed by atoms with Gasteiger partial charge in [0, 0.05) is 7.11 Å². The molecule has 0 aliphatic rings. The molecule has 4 nitrogen and oxygen atoms in total. The van der Waals surface area contributed by atoms with Gasteiger partial charge in [-0.1, -0.05) is 0 Å². The van der Waals surface area contributed by atoms with Gasteiger partial charge in [-0.3, -0.25) is 0 Å². The summed E-state index contributed by atoms with van der Waals surface area (Å²) < 4.78 is 62.8. The third-order valence-electron chi connectivity index (χ3n) is 0.878. The van der Waals surface area contributed by atoms with Crippen LogP contribution in [0.5, 0.6) is 0 Å². The molecule has 1 unspecified atom stereocenters. The van der Waals surface area contributed by atoms with Gasteiger partial charge in [0.15, 0.2) is 6.29 Å². The topological polar surface area (TPSA) is 52.6 Å². The van der Waals surface area contributed by atoms with Crippen LogP contribution in [0.1, 0.15) is 6.92 Å². The zero-order valence-corrected chi connectivity index (χ0v) is 7.07. The molecule has 12 heavy (non-hydrogen) atoms.